The Kier molecular flexibility index (Phi) is 6.95. The number of benzene rings is 1. The van der Waals surface area contributed by atoms with E-state index in [1.54, 1.807) is 24.1 Å². The summed E-state index contributed by atoms with van der Waals surface area (Å²) in [4.78, 5) is 27.9. The van der Waals surface area contributed by atoms with Gasteiger partial charge in [-0.15, -0.1) is 0 Å². The molecule has 2 aromatic rings. The molecule has 190 valence electrons. The maximum absolute atomic E-state index is 13.6. The van der Waals surface area contributed by atoms with Crippen LogP contribution in [0.25, 0.3) is 0 Å². The van der Waals surface area contributed by atoms with E-state index >= 15 is 0 Å². The predicted octanol–water partition coefficient (Wildman–Crippen LogP) is 4.87. The number of methoxy groups -OCH3 is 1. The number of hydrogen-bond acceptors (Lipinski definition) is 4. The molecule has 0 bridgehead atoms. The van der Waals surface area contributed by atoms with E-state index < -0.39 is 35.2 Å². The van der Waals surface area contributed by atoms with Gasteiger partial charge < -0.3 is 15.0 Å². The smallest absolute Gasteiger partial charge is 0.377 e. The van der Waals surface area contributed by atoms with Crippen LogP contribution in [0, 0.1) is 5.92 Å². The number of ether oxygens (including phenoxy) is 1. The Morgan fingerprint density at radius 2 is 1.94 bits per heavy atom. The largest absolute Gasteiger partial charge is 0.416 e. The summed E-state index contributed by atoms with van der Waals surface area (Å²) in [5, 5.41) is 7.16. The van der Waals surface area contributed by atoms with Gasteiger partial charge in [0.25, 0.3) is 5.91 Å². The standard InChI is InChI=1S/C25H31F3N4O3/c1-24(2,35-3)15-31-12-11-21(30-31)29-22(33)20(13-16-7-4-5-8-16)32-14-18-17(23(32)34)9-6-10-19(18)25(26,27)28/h6,9-12,16,20H,4-5,7-8,13-15H2,1-3H3,(H,29,30,33)/t20-/m0/s1. The molecule has 35 heavy (non-hydrogen) atoms. The quantitative estimate of drug-likeness (QED) is 0.571. The number of carbonyl (C=O) groups excluding carboxylic acids is 2. The van der Waals surface area contributed by atoms with Gasteiger partial charge in [-0.25, -0.2) is 0 Å². The molecule has 2 amide bonds. The van der Waals surface area contributed by atoms with E-state index in [-0.39, 0.29) is 23.6 Å². The van der Waals surface area contributed by atoms with E-state index in [4.69, 9.17) is 4.74 Å². The van der Waals surface area contributed by atoms with Gasteiger partial charge >= 0.3 is 6.18 Å². The van der Waals surface area contributed by atoms with Crippen LogP contribution in [0.5, 0.6) is 0 Å². The van der Waals surface area contributed by atoms with Crippen molar-refractivity contribution in [1.29, 1.82) is 0 Å². The maximum atomic E-state index is 13.6. The zero-order valence-corrected chi connectivity index (χ0v) is 20.2. The van der Waals surface area contributed by atoms with E-state index in [2.05, 4.69) is 10.4 Å². The molecule has 7 nitrogen and oxygen atoms in total. The molecule has 0 radical (unpaired) electrons. The van der Waals surface area contributed by atoms with Gasteiger partial charge in [-0.05, 0) is 43.9 Å². The predicted molar refractivity (Wildman–Crippen MR) is 124 cm³/mol. The molecule has 0 saturated heterocycles. The van der Waals surface area contributed by atoms with E-state index in [0.717, 1.165) is 31.7 Å². The van der Waals surface area contributed by atoms with Gasteiger partial charge in [0.05, 0.1) is 17.7 Å². The van der Waals surface area contributed by atoms with Crippen molar-refractivity contribution >= 4 is 17.6 Å². The molecule has 1 saturated carbocycles. The lowest BCUT2D eigenvalue weighted by Crippen LogP contribution is -2.45. The molecule has 1 atom stereocenters. The summed E-state index contributed by atoms with van der Waals surface area (Å²) in [6, 6.07) is 4.38. The van der Waals surface area contributed by atoms with Crippen molar-refractivity contribution in [3.05, 3.63) is 47.2 Å². The third-order valence-electron chi connectivity index (χ3n) is 7.00. The molecule has 4 rings (SSSR count). The average molecular weight is 493 g/mol. The maximum Gasteiger partial charge on any atom is 0.416 e. The number of carbonyl (C=O) groups is 2. The van der Waals surface area contributed by atoms with Gasteiger partial charge in [-0.2, -0.15) is 18.3 Å². The minimum atomic E-state index is -4.58. The number of fused-ring (bicyclic) bond motifs is 1. The number of nitrogens with one attached hydrogen (secondary N) is 1. The fourth-order valence-corrected chi connectivity index (χ4v) is 4.99. The van der Waals surface area contributed by atoms with E-state index in [1.165, 1.54) is 17.0 Å². The first-order chi connectivity index (χ1) is 16.5. The van der Waals surface area contributed by atoms with Crippen LogP contribution in [0.1, 0.15) is 67.4 Å². The second kappa shape index (κ2) is 9.64. The summed E-state index contributed by atoms with van der Waals surface area (Å²) in [6.45, 7) is 4.04. The highest BCUT2D eigenvalue weighted by Gasteiger charge is 2.43. The number of amides is 2. The van der Waals surface area contributed by atoms with Crippen molar-refractivity contribution in [2.45, 2.75) is 76.9 Å². The second-order valence-corrected chi connectivity index (χ2v) is 10.0. The summed E-state index contributed by atoms with van der Waals surface area (Å²) in [6.07, 6.45) is 1.52. The van der Waals surface area contributed by atoms with Crippen LogP contribution in [0.2, 0.25) is 0 Å². The van der Waals surface area contributed by atoms with Gasteiger partial charge in [-0.1, -0.05) is 31.7 Å². The number of hydrogen-bond donors (Lipinski definition) is 1. The summed E-state index contributed by atoms with van der Waals surface area (Å²) in [5.41, 5.74) is -1.34. The van der Waals surface area contributed by atoms with Crippen LogP contribution in [0.4, 0.5) is 19.0 Å². The van der Waals surface area contributed by atoms with Gasteiger partial charge in [0.2, 0.25) is 5.91 Å². The van der Waals surface area contributed by atoms with Gasteiger partial charge in [0.15, 0.2) is 5.82 Å². The fraction of sp³-hybridized carbons (Fsp3) is 0.560. The van der Waals surface area contributed by atoms with Crippen molar-refractivity contribution < 1.29 is 27.5 Å². The number of aromatic nitrogens is 2. The molecule has 2 aliphatic rings. The highest BCUT2D eigenvalue weighted by Crippen LogP contribution is 2.39. The average Bonchev–Trinajstić information content (AvgIpc) is 3.52. The van der Waals surface area contributed by atoms with Crippen molar-refractivity contribution in [3.8, 4) is 0 Å². The summed E-state index contributed by atoms with van der Waals surface area (Å²) >= 11 is 0. The Morgan fingerprint density at radius 3 is 2.60 bits per heavy atom. The highest BCUT2D eigenvalue weighted by molar-refractivity contribution is 6.03. The molecule has 1 N–H and O–H groups in total. The Balaban J connectivity index is 1.57. The lowest BCUT2D eigenvalue weighted by atomic mass is 9.96. The van der Waals surface area contributed by atoms with E-state index in [9.17, 15) is 22.8 Å². The Bertz CT molecular complexity index is 1090. The summed E-state index contributed by atoms with van der Waals surface area (Å²) in [5.74, 6) is -0.428. The molecule has 1 aliphatic carbocycles. The van der Waals surface area contributed by atoms with Crippen molar-refractivity contribution in [2.75, 3.05) is 12.4 Å². The topological polar surface area (TPSA) is 76.5 Å². The first-order valence-electron chi connectivity index (χ1n) is 11.9. The first kappa shape index (κ1) is 25.2. The van der Waals surface area contributed by atoms with Gasteiger partial charge in [0.1, 0.15) is 6.04 Å². The van der Waals surface area contributed by atoms with Crippen LogP contribution >= 0.6 is 0 Å². The molecule has 1 fully saturated rings. The van der Waals surface area contributed by atoms with Crippen LogP contribution < -0.4 is 5.32 Å². The Hall–Kier alpha value is -2.88. The first-order valence-corrected chi connectivity index (χ1v) is 11.9. The van der Waals surface area contributed by atoms with Crippen LogP contribution in [0.15, 0.2) is 30.5 Å². The van der Waals surface area contributed by atoms with Crippen LogP contribution in [0.3, 0.4) is 0 Å². The van der Waals surface area contributed by atoms with Crippen LogP contribution in [-0.2, 0) is 28.8 Å². The Morgan fingerprint density at radius 1 is 1.23 bits per heavy atom. The summed E-state index contributed by atoms with van der Waals surface area (Å²) in [7, 11) is 1.61. The lowest BCUT2D eigenvalue weighted by Gasteiger charge is -2.29. The van der Waals surface area contributed by atoms with Gasteiger partial charge in [0, 0.05) is 31.5 Å². The molecule has 0 unspecified atom stereocenters. The third kappa shape index (κ3) is 5.52. The molecular weight excluding hydrogens is 461 g/mol. The fourth-order valence-electron chi connectivity index (χ4n) is 4.99. The molecule has 1 aliphatic heterocycles. The molecule has 10 heteroatoms. The third-order valence-corrected chi connectivity index (χ3v) is 7.00. The minimum absolute atomic E-state index is 0.00937. The van der Waals surface area contributed by atoms with Crippen molar-refractivity contribution in [3.63, 3.8) is 0 Å². The molecule has 1 aromatic heterocycles. The minimum Gasteiger partial charge on any atom is -0.377 e. The Labute approximate surface area is 202 Å². The van der Waals surface area contributed by atoms with E-state index in [0.29, 0.717) is 18.8 Å². The zero-order valence-electron chi connectivity index (χ0n) is 20.2. The number of alkyl halides is 3. The number of rotatable bonds is 8. The number of halogens is 3. The molecule has 2 heterocycles. The zero-order chi connectivity index (χ0) is 25.4. The SMILES string of the molecule is COC(C)(C)Cn1ccc(NC(=O)[C@H](CC2CCCC2)N2Cc3c(cccc3C(F)(F)F)C2=O)n1. The van der Waals surface area contributed by atoms with Crippen LogP contribution in [-0.4, -0.2) is 45.2 Å². The van der Waals surface area contributed by atoms with Crippen molar-refractivity contribution in [2.24, 2.45) is 5.92 Å². The molecule has 1 aromatic carbocycles. The molecule has 0 spiro atoms. The number of nitrogens with zero attached hydrogens (tertiary/aromatic N) is 3. The lowest BCUT2D eigenvalue weighted by molar-refractivity contribution is -0.138. The van der Waals surface area contributed by atoms with Gasteiger partial charge in [-0.3, -0.25) is 14.3 Å². The monoisotopic (exact) mass is 492 g/mol. The number of anilines is 1. The van der Waals surface area contributed by atoms with E-state index in [1.807, 2.05) is 13.8 Å². The normalized spacial score (nSPS) is 17.7. The molecular formula is C25H31F3N4O3. The van der Waals surface area contributed by atoms with Crippen molar-refractivity contribution in [1.82, 2.24) is 14.7 Å². The summed E-state index contributed by atoms with van der Waals surface area (Å²) < 4.78 is 47.8. The highest BCUT2D eigenvalue weighted by atomic mass is 19.4. The second-order valence-electron chi connectivity index (χ2n) is 10.0.